The lowest BCUT2D eigenvalue weighted by Gasteiger charge is -2.44. The van der Waals surface area contributed by atoms with Crippen molar-refractivity contribution in [3.8, 4) is 0 Å². The molecule has 7 heteroatoms. The Morgan fingerprint density at radius 1 is 1.09 bits per heavy atom. The minimum Gasteiger partial charge on any atom is -0.336 e. The maximum absolute atomic E-state index is 14.1. The Bertz CT molecular complexity index is 1180. The molecule has 2 heterocycles. The molecule has 0 saturated carbocycles. The molecule has 1 aromatic heterocycles. The van der Waals surface area contributed by atoms with Crippen molar-refractivity contribution in [1.29, 1.82) is 0 Å². The van der Waals surface area contributed by atoms with E-state index in [9.17, 15) is 14.0 Å². The van der Waals surface area contributed by atoms with E-state index in [1.54, 1.807) is 18.2 Å². The summed E-state index contributed by atoms with van der Waals surface area (Å²) in [7, 11) is 0. The summed E-state index contributed by atoms with van der Waals surface area (Å²) in [5, 5.41) is 8.01. The molecule has 32 heavy (non-hydrogen) atoms. The first-order valence-electron chi connectivity index (χ1n) is 11.1. The average molecular weight is 437 g/mol. The maximum Gasteiger partial charge on any atom is 0.272 e. The number of carbonyl (C=O) groups is 1. The van der Waals surface area contributed by atoms with Crippen LogP contribution in [0.4, 0.5) is 4.39 Å². The Morgan fingerprint density at radius 2 is 1.78 bits per heavy atom. The average Bonchev–Trinajstić information content (AvgIpc) is 2.80. The Morgan fingerprint density at radius 3 is 2.50 bits per heavy atom. The van der Waals surface area contributed by atoms with Crippen molar-refractivity contribution in [3.05, 3.63) is 76.0 Å². The first kappa shape index (κ1) is 22.1. The molecular formula is C25H29FN4O2. The second-order valence-electron chi connectivity index (χ2n) is 8.87. The predicted octanol–water partition coefficient (Wildman–Crippen LogP) is 3.53. The zero-order chi connectivity index (χ0) is 22.8. The molecule has 1 amide bonds. The number of amides is 1. The smallest absolute Gasteiger partial charge is 0.272 e. The van der Waals surface area contributed by atoms with Crippen LogP contribution in [0.5, 0.6) is 0 Å². The number of fused-ring (bicyclic) bond motifs is 1. The number of rotatable bonds is 5. The first-order chi connectivity index (χ1) is 15.4. The van der Waals surface area contributed by atoms with Crippen LogP contribution in [-0.4, -0.2) is 51.6 Å². The third kappa shape index (κ3) is 4.30. The summed E-state index contributed by atoms with van der Waals surface area (Å²) >= 11 is 0. The SMILES string of the molecule is CC(C)[C@H]1CN(Cc2ccccc2F)CCN1C(=O)[C@H](C)c1n[nH]c(=O)c2ccccc12. The lowest BCUT2D eigenvalue weighted by Crippen LogP contribution is -2.57. The third-order valence-corrected chi connectivity index (χ3v) is 6.41. The minimum absolute atomic E-state index is 0.000978. The van der Waals surface area contributed by atoms with Crippen LogP contribution in [0.3, 0.4) is 0 Å². The van der Waals surface area contributed by atoms with Crippen molar-refractivity contribution in [1.82, 2.24) is 20.0 Å². The summed E-state index contributed by atoms with van der Waals surface area (Å²) in [5.74, 6) is -0.443. The van der Waals surface area contributed by atoms with Crippen molar-refractivity contribution in [2.45, 2.75) is 39.3 Å². The molecule has 0 spiro atoms. The van der Waals surface area contributed by atoms with Gasteiger partial charge in [0.25, 0.3) is 5.56 Å². The molecule has 2 aromatic carbocycles. The molecule has 1 aliphatic rings. The normalized spacial score (nSPS) is 18.3. The molecule has 2 atom stereocenters. The molecule has 0 unspecified atom stereocenters. The van der Waals surface area contributed by atoms with E-state index in [0.717, 1.165) is 0 Å². The second-order valence-corrected chi connectivity index (χ2v) is 8.87. The van der Waals surface area contributed by atoms with Crippen LogP contribution in [0.1, 0.15) is 37.9 Å². The highest BCUT2D eigenvalue weighted by atomic mass is 19.1. The summed E-state index contributed by atoms with van der Waals surface area (Å²) < 4.78 is 14.1. The molecule has 0 bridgehead atoms. The van der Waals surface area contributed by atoms with Gasteiger partial charge < -0.3 is 4.90 Å². The van der Waals surface area contributed by atoms with Gasteiger partial charge in [0, 0.05) is 43.2 Å². The summed E-state index contributed by atoms with van der Waals surface area (Å²) in [5.41, 5.74) is 0.999. The molecular weight excluding hydrogens is 407 g/mol. The molecule has 1 N–H and O–H groups in total. The Hall–Kier alpha value is -3.06. The number of nitrogens with one attached hydrogen (secondary N) is 1. The highest BCUT2D eigenvalue weighted by Gasteiger charge is 2.35. The number of hydrogen-bond acceptors (Lipinski definition) is 4. The van der Waals surface area contributed by atoms with E-state index in [2.05, 4.69) is 28.9 Å². The summed E-state index contributed by atoms with van der Waals surface area (Å²) in [4.78, 5) is 29.9. The van der Waals surface area contributed by atoms with Gasteiger partial charge in [-0.25, -0.2) is 9.49 Å². The van der Waals surface area contributed by atoms with Crippen molar-refractivity contribution in [2.24, 2.45) is 5.92 Å². The lowest BCUT2D eigenvalue weighted by atomic mass is 9.95. The molecule has 1 aliphatic heterocycles. The van der Waals surface area contributed by atoms with E-state index >= 15 is 0 Å². The van der Waals surface area contributed by atoms with Gasteiger partial charge in [0.1, 0.15) is 5.82 Å². The summed E-state index contributed by atoms with van der Waals surface area (Å²) in [6, 6.07) is 14.1. The van der Waals surface area contributed by atoms with Gasteiger partial charge in [0.15, 0.2) is 0 Å². The molecule has 1 fully saturated rings. The number of H-pyrrole nitrogens is 1. The number of aromatic amines is 1. The van der Waals surface area contributed by atoms with E-state index in [0.29, 0.717) is 48.2 Å². The van der Waals surface area contributed by atoms with Crippen LogP contribution >= 0.6 is 0 Å². The minimum atomic E-state index is -0.490. The predicted molar refractivity (Wildman–Crippen MR) is 123 cm³/mol. The number of piperazine rings is 1. The number of benzene rings is 2. The highest BCUT2D eigenvalue weighted by molar-refractivity contribution is 5.91. The second kappa shape index (κ2) is 9.20. The van der Waals surface area contributed by atoms with E-state index in [-0.39, 0.29) is 29.2 Å². The van der Waals surface area contributed by atoms with Crippen molar-refractivity contribution in [2.75, 3.05) is 19.6 Å². The number of halogens is 1. The van der Waals surface area contributed by atoms with E-state index in [4.69, 9.17) is 0 Å². The summed E-state index contributed by atoms with van der Waals surface area (Å²) in [6.45, 7) is 8.52. The van der Waals surface area contributed by atoms with Crippen LogP contribution in [0.2, 0.25) is 0 Å². The zero-order valence-electron chi connectivity index (χ0n) is 18.7. The lowest BCUT2D eigenvalue weighted by molar-refractivity contribution is -0.139. The molecule has 6 nitrogen and oxygen atoms in total. The van der Waals surface area contributed by atoms with Crippen molar-refractivity contribution < 1.29 is 9.18 Å². The fraction of sp³-hybridized carbons (Fsp3) is 0.400. The number of aromatic nitrogens is 2. The molecule has 1 saturated heterocycles. The van der Waals surface area contributed by atoms with Gasteiger partial charge >= 0.3 is 0 Å². The van der Waals surface area contributed by atoms with Crippen LogP contribution in [0, 0.1) is 11.7 Å². The van der Waals surface area contributed by atoms with Crippen molar-refractivity contribution >= 4 is 16.7 Å². The molecule has 3 aromatic rings. The molecule has 168 valence electrons. The van der Waals surface area contributed by atoms with Gasteiger partial charge in [-0.3, -0.25) is 14.5 Å². The van der Waals surface area contributed by atoms with Gasteiger partial charge in [-0.2, -0.15) is 5.10 Å². The van der Waals surface area contributed by atoms with Gasteiger partial charge in [-0.05, 0) is 25.0 Å². The zero-order valence-corrected chi connectivity index (χ0v) is 18.7. The Balaban J connectivity index is 1.55. The third-order valence-electron chi connectivity index (χ3n) is 6.41. The van der Waals surface area contributed by atoms with Crippen LogP contribution < -0.4 is 5.56 Å². The molecule has 4 rings (SSSR count). The van der Waals surface area contributed by atoms with E-state index < -0.39 is 5.92 Å². The van der Waals surface area contributed by atoms with Gasteiger partial charge in [0.05, 0.1) is 17.0 Å². The van der Waals surface area contributed by atoms with Gasteiger partial charge in [0.2, 0.25) is 5.91 Å². The number of nitrogens with zero attached hydrogens (tertiary/aromatic N) is 3. The maximum atomic E-state index is 14.1. The largest absolute Gasteiger partial charge is 0.336 e. The van der Waals surface area contributed by atoms with Crippen LogP contribution in [0.15, 0.2) is 53.3 Å². The standard InChI is InChI=1S/C25H29FN4O2/c1-16(2)22-15-29(14-18-8-4-7-11-21(18)26)12-13-30(22)25(32)17(3)23-19-9-5-6-10-20(19)24(31)28-27-23/h4-11,16-17,22H,12-15H2,1-3H3,(H,28,31)/t17-,22-/m1/s1. The first-order valence-corrected chi connectivity index (χ1v) is 11.1. The van der Waals surface area contributed by atoms with E-state index in [1.165, 1.54) is 6.07 Å². The number of hydrogen-bond donors (Lipinski definition) is 1. The van der Waals surface area contributed by atoms with Gasteiger partial charge in [-0.15, -0.1) is 0 Å². The fourth-order valence-corrected chi connectivity index (χ4v) is 4.56. The van der Waals surface area contributed by atoms with Crippen LogP contribution in [0.25, 0.3) is 10.8 Å². The van der Waals surface area contributed by atoms with Crippen LogP contribution in [-0.2, 0) is 11.3 Å². The molecule has 0 radical (unpaired) electrons. The quantitative estimate of drug-likeness (QED) is 0.664. The van der Waals surface area contributed by atoms with Crippen molar-refractivity contribution in [3.63, 3.8) is 0 Å². The fourth-order valence-electron chi connectivity index (χ4n) is 4.56. The Kier molecular flexibility index (Phi) is 6.37. The topological polar surface area (TPSA) is 69.3 Å². The Labute approximate surface area is 187 Å². The molecule has 0 aliphatic carbocycles. The number of carbonyl (C=O) groups excluding carboxylic acids is 1. The highest BCUT2D eigenvalue weighted by Crippen LogP contribution is 2.27. The monoisotopic (exact) mass is 436 g/mol. The van der Waals surface area contributed by atoms with Gasteiger partial charge in [-0.1, -0.05) is 50.2 Å². The van der Waals surface area contributed by atoms with E-state index in [1.807, 2.05) is 36.1 Å². The summed E-state index contributed by atoms with van der Waals surface area (Å²) in [6.07, 6.45) is 0.